The molecular weight excluding hydrogens is 168 g/mol. The molecule has 1 aliphatic heterocycles. The van der Waals surface area contributed by atoms with Gasteiger partial charge >= 0.3 is 5.97 Å². The summed E-state index contributed by atoms with van der Waals surface area (Å²) in [4.78, 5) is 11.4. The van der Waals surface area contributed by atoms with Crippen molar-refractivity contribution in [1.82, 2.24) is 0 Å². The van der Waals surface area contributed by atoms with Crippen LogP contribution in [0.2, 0.25) is 0 Å². The quantitative estimate of drug-likeness (QED) is 0.570. The van der Waals surface area contributed by atoms with Crippen LogP contribution in [0.25, 0.3) is 0 Å². The van der Waals surface area contributed by atoms with E-state index in [2.05, 4.69) is 0 Å². The van der Waals surface area contributed by atoms with Gasteiger partial charge in [0.15, 0.2) is 0 Å². The maximum atomic E-state index is 11.4. The number of aliphatic hydroxyl groups is 1. The van der Waals surface area contributed by atoms with Crippen molar-refractivity contribution in [3.63, 3.8) is 0 Å². The Bertz CT molecular complexity index is 234. The molecule has 74 valence electrons. The Kier molecular flexibility index (Phi) is 1.88. The molecule has 2 fully saturated rings. The second-order valence-corrected chi connectivity index (χ2v) is 4.86. The van der Waals surface area contributed by atoms with E-state index in [4.69, 9.17) is 4.74 Å². The van der Waals surface area contributed by atoms with E-state index in [9.17, 15) is 9.90 Å². The highest BCUT2D eigenvalue weighted by molar-refractivity contribution is 5.74. The summed E-state index contributed by atoms with van der Waals surface area (Å²) < 4.78 is 4.98. The molecule has 1 heterocycles. The lowest BCUT2D eigenvalue weighted by Crippen LogP contribution is -2.34. The van der Waals surface area contributed by atoms with Gasteiger partial charge in [-0.25, -0.2) is 0 Å². The van der Waals surface area contributed by atoms with Gasteiger partial charge in [0, 0.05) is 5.92 Å². The van der Waals surface area contributed by atoms with Crippen LogP contribution in [0.15, 0.2) is 0 Å². The molecule has 1 saturated carbocycles. The number of rotatable bonds is 0. The van der Waals surface area contributed by atoms with Gasteiger partial charge in [0.1, 0.15) is 0 Å². The van der Waals surface area contributed by atoms with Crippen molar-refractivity contribution in [3.8, 4) is 0 Å². The SMILES string of the molecule is CC1(C)C[C@H]2C(=O)OCC[C@H]2[C@H]1O. The van der Waals surface area contributed by atoms with Gasteiger partial charge in [0.05, 0.1) is 18.6 Å². The Balaban J connectivity index is 2.23. The minimum atomic E-state index is -0.342. The molecule has 3 nitrogen and oxygen atoms in total. The third kappa shape index (κ3) is 1.26. The summed E-state index contributed by atoms with van der Waals surface area (Å²) in [6.07, 6.45) is 1.24. The van der Waals surface area contributed by atoms with E-state index in [0.717, 1.165) is 12.8 Å². The van der Waals surface area contributed by atoms with Gasteiger partial charge in [0.2, 0.25) is 0 Å². The molecule has 2 rings (SSSR count). The van der Waals surface area contributed by atoms with Crippen LogP contribution in [0.5, 0.6) is 0 Å². The predicted molar refractivity (Wildman–Crippen MR) is 47.0 cm³/mol. The van der Waals surface area contributed by atoms with Gasteiger partial charge in [-0.15, -0.1) is 0 Å². The fourth-order valence-electron chi connectivity index (χ4n) is 2.66. The van der Waals surface area contributed by atoms with Gasteiger partial charge < -0.3 is 9.84 Å². The molecule has 0 radical (unpaired) electrons. The van der Waals surface area contributed by atoms with Gasteiger partial charge in [-0.3, -0.25) is 4.79 Å². The van der Waals surface area contributed by atoms with Gasteiger partial charge in [0.25, 0.3) is 0 Å². The second-order valence-electron chi connectivity index (χ2n) is 4.86. The van der Waals surface area contributed by atoms with Crippen LogP contribution in [0.3, 0.4) is 0 Å². The summed E-state index contributed by atoms with van der Waals surface area (Å²) in [7, 11) is 0. The molecular formula is C10H16O3. The van der Waals surface area contributed by atoms with Crippen LogP contribution in [0, 0.1) is 17.3 Å². The van der Waals surface area contributed by atoms with E-state index in [0.29, 0.717) is 6.61 Å². The number of cyclic esters (lactones) is 1. The molecule has 1 N–H and O–H groups in total. The van der Waals surface area contributed by atoms with Crippen molar-refractivity contribution < 1.29 is 14.6 Å². The topological polar surface area (TPSA) is 46.5 Å². The maximum Gasteiger partial charge on any atom is 0.309 e. The zero-order chi connectivity index (χ0) is 9.64. The molecule has 0 aromatic heterocycles. The van der Waals surface area contributed by atoms with Crippen LogP contribution in [0.1, 0.15) is 26.7 Å². The van der Waals surface area contributed by atoms with Crippen molar-refractivity contribution in [3.05, 3.63) is 0 Å². The minimum Gasteiger partial charge on any atom is -0.465 e. The lowest BCUT2D eigenvalue weighted by molar-refractivity contribution is -0.156. The second kappa shape index (κ2) is 2.71. The first-order valence-corrected chi connectivity index (χ1v) is 4.87. The average Bonchev–Trinajstić information content (AvgIpc) is 2.28. The molecule has 1 saturated heterocycles. The van der Waals surface area contributed by atoms with Gasteiger partial charge in [-0.05, 0) is 18.3 Å². The molecule has 3 heteroatoms. The molecule has 13 heavy (non-hydrogen) atoms. The molecule has 2 aliphatic rings. The fraction of sp³-hybridized carbons (Fsp3) is 0.900. The number of aliphatic hydroxyl groups excluding tert-OH is 1. The highest BCUT2D eigenvalue weighted by atomic mass is 16.5. The van der Waals surface area contributed by atoms with Crippen LogP contribution < -0.4 is 0 Å². The smallest absolute Gasteiger partial charge is 0.309 e. The number of esters is 1. The Hall–Kier alpha value is -0.570. The van der Waals surface area contributed by atoms with E-state index in [1.54, 1.807) is 0 Å². The van der Waals surface area contributed by atoms with Crippen LogP contribution in [0.4, 0.5) is 0 Å². The highest BCUT2D eigenvalue weighted by Gasteiger charge is 2.52. The first kappa shape index (κ1) is 9.00. The maximum absolute atomic E-state index is 11.4. The third-order valence-electron chi connectivity index (χ3n) is 3.47. The zero-order valence-corrected chi connectivity index (χ0v) is 8.12. The van der Waals surface area contributed by atoms with Crippen LogP contribution >= 0.6 is 0 Å². The number of carbonyl (C=O) groups excluding carboxylic acids is 1. The first-order valence-electron chi connectivity index (χ1n) is 4.87. The zero-order valence-electron chi connectivity index (χ0n) is 8.12. The van der Waals surface area contributed by atoms with Crippen molar-refractivity contribution in [2.24, 2.45) is 17.3 Å². The van der Waals surface area contributed by atoms with E-state index >= 15 is 0 Å². The van der Waals surface area contributed by atoms with E-state index in [-0.39, 0.29) is 29.3 Å². The number of fused-ring (bicyclic) bond motifs is 1. The lowest BCUT2D eigenvalue weighted by atomic mass is 9.86. The molecule has 0 aromatic rings. The van der Waals surface area contributed by atoms with Gasteiger partial charge in [-0.2, -0.15) is 0 Å². The highest BCUT2D eigenvalue weighted by Crippen LogP contribution is 2.48. The summed E-state index contributed by atoms with van der Waals surface area (Å²) in [5, 5.41) is 9.96. The molecule has 1 aliphatic carbocycles. The molecule has 0 aromatic carbocycles. The van der Waals surface area contributed by atoms with Crippen molar-refractivity contribution in [2.75, 3.05) is 6.61 Å². The fourth-order valence-corrected chi connectivity index (χ4v) is 2.66. The van der Waals surface area contributed by atoms with Gasteiger partial charge in [-0.1, -0.05) is 13.8 Å². The molecule has 0 bridgehead atoms. The average molecular weight is 184 g/mol. The molecule has 3 atom stereocenters. The van der Waals surface area contributed by atoms with Crippen molar-refractivity contribution in [1.29, 1.82) is 0 Å². The third-order valence-corrected chi connectivity index (χ3v) is 3.47. The molecule has 0 spiro atoms. The number of ether oxygens (including phenoxy) is 1. The Morgan fingerprint density at radius 2 is 2.23 bits per heavy atom. The Morgan fingerprint density at radius 1 is 1.54 bits per heavy atom. The van der Waals surface area contributed by atoms with Crippen LogP contribution in [-0.4, -0.2) is 23.8 Å². The monoisotopic (exact) mass is 184 g/mol. The first-order chi connectivity index (χ1) is 6.02. The summed E-state index contributed by atoms with van der Waals surface area (Å²) in [6.45, 7) is 4.51. The number of hydrogen-bond acceptors (Lipinski definition) is 3. The normalized spacial score (nSPS) is 42.7. The molecule has 0 amide bonds. The largest absolute Gasteiger partial charge is 0.465 e. The van der Waals surface area contributed by atoms with Crippen molar-refractivity contribution in [2.45, 2.75) is 32.8 Å². The van der Waals surface area contributed by atoms with E-state index < -0.39 is 0 Å². The molecule has 0 unspecified atom stereocenters. The minimum absolute atomic E-state index is 0.0567. The summed E-state index contributed by atoms with van der Waals surface area (Å²) in [6, 6.07) is 0. The summed E-state index contributed by atoms with van der Waals surface area (Å²) in [5.74, 6) is -0.0316. The number of carbonyl (C=O) groups is 1. The lowest BCUT2D eigenvalue weighted by Gasteiger charge is -2.27. The Morgan fingerprint density at radius 3 is 2.85 bits per heavy atom. The van der Waals surface area contributed by atoms with Crippen molar-refractivity contribution >= 4 is 5.97 Å². The standard InChI is InChI=1S/C10H16O3/c1-10(2)5-7-6(8(10)11)3-4-13-9(7)12/h6-8,11H,3-5H2,1-2H3/t6-,7-,8-/m1/s1. The predicted octanol–water partition coefficient (Wildman–Crippen LogP) is 0.956. The summed E-state index contributed by atoms with van der Waals surface area (Å²) in [5.41, 5.74) is -0.126. The number of hydrogen-bond donors (Lipinski definition) is 1. The summed E-state index contributed by atoms with van der Waals surface area (Å²) >= 11 is 0. The van der Waals surface area contributed by atoms with E-state index in [1.807, 2.05) is 13.8 Å². The van der Waals surface area contributed by atoms with Crippen LogP contribution in [-0.2, 0) is 9.53 Å². The van der Waals surface area contributed by atoms with E-state index in [1.165, 1.54) is 0 Å². The Labute approximate surface area is 78.1 Å².